The summed E-state index contributed by atoms with van der Waals surface area (Å²) >= 11 is 0. The van der Waals surface area contributed by atoms with Crippen LogP contribution in [0, 0.1) is 11.3 Å². The number of pyridine rings is 2. The van der Waals surface area contributed by atoms with Crippen LogP contribution in [0.4, 0.5) is 10.1 Å². The molecule has 11 nitrogen and oxygen atoms in total. The van der Waals surface area contributed by atoms with Gasteiger partial charge in [0.2, 0.25) is 0 Å². The van der Waals surface area contributed by atoms with E-state index in [0.717, 1.165) is 11.1 Å². The molecular weight excluding hydrogens is 632 g/mol. The highest BCUT2D eigenvalue weighted by Gasteiger charge is 2.36. The maximum atomic E-state index is 15.8. The Balaban J connectivity index is 1.26. The minimum atomic E-state index is -1.95. The lowest BCUT2D eigenvalue weighted by atomic mass is 10.0. The first-order valence-corrected chi connectivity index (χ1v) is 16.5. The van der Waals surface area contributed by atoms with Crippen molar-refractivity contribution >= 4 is 31.2 Å². The molecule has 3 aromatic heterocycles. The number of benzene rings is 2. The number of anilines is 1. The molecule has 1 amide bonds. The molecule has 0 bridgehead atoms. The number of halogens is 1. The molecule has 1 unspecified atom stereocenters. The number of nitrogens with zero attached hydrogens (tertiary/aromatic N) is 5. The highest BCUT2D eigenvalue weighted by Crippen LogP contribution is 2.46. The van der Waals surface area contributed by atoms with Gasteiger partial charge in [-0.15, -0.1) is 0 Å². The molecule has 2 aromatic carbocycles. The Hall–Kier alpha value is -4.79. The molecule has 0 fully saturated rings. The normalized spacial score (nSPS) is 12.3. The van der Waals surface area contributed by atoms with E-state index < -0.39 is 26.3 Å². The molecule has 5 rings (SSSR count). The predicted octanol–water partition coefficient (Wildman–Crippen LogP) is 7.03. The van der Waals surface area contributed by atoms with E-state index in [4.69, 9.17) is 13.6 Å². The third-order valence-electron chi connectivity index (χ3n) is 7.20. The first-order chi connectivity index (χ1) is 23.1. The van der Waals surface area contributed by atoms with Crippen molar-refractivity contribution in [2.45, 2.75) is 58.7 Å². The zero-order valence-corrected chi connectivity index (χ0v) is 28.0. The van der Waals surface area contributed by atoms with Crippen LogP contribution in [-0.2, 0) is 26.8 Å². The first kappa shape index (κ1) is 34.5. The summed E-state index contributed by atoms with van der Waals surface area (Å²) in [6.45, 7) is 7.19. The first-order valence-electron chi connectivity index (χ1n) is 15.4. The highest BCUT2D eigenvalue weighted by atomic mass is 31.2. The molecule has 1 atom stereocenters. The molecule has 5 aromatic rings. The molecule has 13 heteroatoms. The lowest BCUT2D eigenvalue weighted by Crippen LogP contribution is -2.43. The van der Waals surface area contributed by atoms with Gasteiger partial charge >= 0.3 is 8.60 Å². The van der Waals surface area contributed by atoms with E-state index >= 15 is 4.39 Å². The number of aromatic nitrogens is 4. The molecule has 0 saturated heterocycles. The Labute approximate surface area is 280 Å². The van der Waals surface area contributed by atoms with Crippen LogP contribution in [0.1, 0.15) is 54.7 Å². The van der Waals surface area contributed by atoms with Crippen LogP contribution < -0.4 is 10.6 Å². The van der Waals surface area contributed by atoms with E-state index in [2.05, 4.69) is 31.8 Å². The molecule has 0 aliphatic carbocycles. The van der Waals surface area contributed by atoms with Gasteiger partial charge in [0.1, 0.15) is 17.8 Å². The minimum Gasteiger partial charge on any atom is -0.382 e. The summed E-state index contributed by atoms with van der Waals surface area (Å²) in [5.74, 6) is -0.0974. The van der Waals surface area contributed by atoms with E-state index in [-0.39, 0.29) is 31.4 Å². The summed E-state index contributed by atoms with van der Waals surface area (Å²) in [5, 5.41) is 20.2. The average Bonchev–Trinajstić information content (AvgIpc) is 3.52. The van der Waals surface area contributed by atoms with Crippen LogP contribution in [0.2, 0.25) is 0 Å². The summed E-state index contributed by atoms with van der Waals surface area (Å²) in [6.07, 6.45) is 2.86. The van der Waals surface area contributed by atoms with Crippen molar-refractivity contribution in [1.82, 2.24) is 25.1 Å². The van der Waals surface area contributed by atoms with E-state index in [9.17, 15) is 10.1 Å². The van der Waals surface area contributed by atoms with Gasteiger partial charge in [-0.05, 0) is 44.9 Å². The molecule has 248 valence electrons. The van der Waals surface area contributed by atoms with Crippen molar-refractivity contribution in [3.63, 3.8) is 0 Å². The van der Waals surface area contributed by atoms with Crippen LogP contribution >= 0.6 is 8.60 Å². The lowest BCUT2D eigenvalue weighted by Gasteiger charge is -2.32. The summed E-state index contributed by atoms with van der Waals surface area (Å²) in [7, 11) is -1.95. The van der Waals surface area contributed by atoms with Crippen LogP contribution in [0.3, 0.4) is 0 Å². The molecular formula is C35H37FN7O4P. The van der Waals surface area contributed by atoms with Gasteiger partial charge in [0.15, 0.2) is 11.5 Å². The van der Waals surface area contributed by atoms with Crippen molar-refractivity contribution in [3.8, 4) is 11.9 Å². The Morgan fingerprint density at radius 3 is 2.23 bits per heavy atom. The second-order valence-corrected chi connectivity index (χ2v) is 13.0. The van der Waals surface area contributed by atoms with Crippen LogP contribution in [0.15, 0.2) is 91.4 Å². The van der Waals surface area contributed by atoms with E-state index in [1.165, 1.54) is 17.1 Å². The van der Waals surface area contributed by atoms with Gasteiger partial charge in [0.25, 0.3) is 5.91 Å². The largest absolute Gasteiger partial charge is 0.382 e. The van der Waals surface area contributed by atoms with Crippen molar-refractivity contribution in [3.05, 3.63) is 114 Å². The van der Waals surface area contributed by atoms with Crippen molar-refractivity contribution < 1.29 is 22.8 Å². The summed E-state index contributed by atoms with van der Waals surface area (Å²) in [4.78, 5) is 22.2. The van der Waals surface area contributed by atoms with Gasteiger partial charge in [-0.1, -0.05) is 60.7 Å². The third-order valence-corrected chi connectivity index (χ3v) is 8.50. The zero-order valence-electron chi connectivity index (χ0n) is 27.1. The van der Waals surface area contributed by atoms with E-state index in [0.29, 0.717) is 28.1 Å². The number of hydrogen-bond acceptors (Lipinski definition) is 9. The van der Waals surface area contributed by atoms with Gasteiger partial charge in [0.05, 0.1) is 42.8 Å². The third kappa shape index (κ3) is 8.97. The van der Waals surface area contributed by atoms with Crippen molar-refractivity contribution in [1.29, 1.82) is 5.26 Å². The molecule has 0 aliphatic heterocycles. The van der Waals surface area contributed by atoms with E-state index in [1.807, 2.05) is 74.5 Å². The molecule has 0 saturated carbocycles. The second kappa shape index (κ2) is 15.9. The number of rotatable bonds is 15. The lowest BCUT2D eigenvalue weighted by molar-refractivity contribution is -0.00367. The smallest absolute Gasteiger partial charge is 0.333 e. The fourth-order valence-electron chi connectivity index (χ4n) is 4.59. The average molecular weight is 670 g/mol. The SMILES string of the molecule is CC(C)Nc1cc(-n2ncc3cc(C#N)cnc32)ncc1C(=O)NCC(F)C(C)(C)OP(OCc1ccccc1)OCc1ccccc1. The zero-order chi connectivity index (χ0) is 34.1. The molecule has 0 spiro atoms. The fourth-order valence-corrected chi connectivity index (χ4v) is 5.77. The number of carbonyl (C=O) groups excluding carboxylic acids is 1. The molecule has 2 N–H and O–H groups in total. The van der Waals surface area contributed by atoms with Crippen LogP contribution in [0.5, 0.6) is 0 Å². The Bertz CT molecular complexity index is 1820. The molecule has 48 heavy (non-hydrogen) atoms. The predicted molar refractivity (Wildman–Crippen MR) is 182 cm³/mol. The van der Waals surface area contributed by atoms with Crippen molar-refractivity contribution in [2.75, 3.05) is 11.9 Å². The van der Waals surface area contributed by atoms with Crippen LogP contribution in [0.25, 0.3) is 16.9 Å². The summed E-state index contributed by atoms with van der Waals surface area (Å²) in [5.41, 5.74) is 2.13. The Morgan fingerprint density at radius 2 is 1.62 bits per heavy atom. The van der Waals surface area contributed by atoms with Gasteiger partial charge in [0, 0.05) is 29.9 Å². The Kier molecular flexibility index (Phi) is 11.4. The van der Waals surface area contributed by atoms with Gasteiger partial charge in [-0.3, -0.25) is 4.79 Å². The maximum Gasteiger partial charge on any atom is 0.333 e. The van der Waals surface area contributed by atoms with Gasteiger partial charge < -0.3 is 24.2 Å². The number of nitrogens with one attached hydrogen (secondary N) is 2. The number of carbonyl (C=O) groups is 1. The fraction of sp³-hybridized carbons (Fsp3) is 0.286. The van der Waals surface area contributed by atoms with Gasteiger partial charge in [-0.2, -0.15) is 15.0 Å². The quantitative estimate of drug-likeness (QED) is 0.113. The van der Waals surface area contributed by atoms with Crippen molar-refractivity contribution in [2.24, 2.45) is 0 Å². The molecule has 0 aliphatic rings. The summed E-state index contributed by atoms with van der Waals surface area (Å²) < 4.78 is 35.4. The number of nitriles is 1. The number of amides is 1. The monoisotopic (exact) mass is 669 g/mol. The molecule has 3 heterocycles. The van der Waals surface area contributed by atoms with Crippen LogP contribution in [-0.4, -0.2) is 50.0 Å². The topological polar surface area (TPSA) is 136 Å². The Morgan fingerprint density at radius 1 is 0.979 bits per heavy atom. The second-order valence-electron chi connectivity index (χ2n) is 11.8. The van der Waals surface area contributed by atoms with Gasteiger partial charge in [-0.25, -0.2) is 14.4 Å². The summed E-state index contributed by atoms with van der Waals surface area (Å²) in [6, 6.07) is 24.6. The highest BCUT2D eigenvalue weighted by molar-refractivity contribution is 7.41. The number of fused-ring (bicyclic) bond motifs is 1. The maximum absolute atomic E-state index is 15.8. The minimum absolute atomic E-state index is 0.0234. The standard InChI is InChI=1S/C35H37FN7O4P/c1-24(2)42-30-16-32(43-33-28(19-41-43)15-27(17-37)18-39-33)38-20-29(30)34(44)40-21-31(36)35(3,4)47-48(45-22-25-11-7-5-8-12-25)46-23-26-13-9-6-10-14-26/h5-16,18-20,24,31H,21-23H2,1-4H3,(H,38,42)(H,40,44). The molecule has 0 radical (unpaired) electrons. The number of alkyl halides is 1. The van der Waals surface area contributed by atoms with E-state index in [1.54, 1.807) is 32.2 Å². The number of hydrogen-bond donors (Lipinski definition) is 2.